The molecule has 18 heavy (non-hydrogen) atoms. The van der Waals surface area contributed by atoms with Gasteiger partial charge < -0.3 is 0 Å². The second kappa shape index (κ2) is 3.06. The van der Waals surface area contributed by atoms with Crippen molar-refractivity contribution < 1.29 is 43.9 Å². The van der Waals surface area contributed by atoms with Crippen LogP contribution >= 0.6 is 0 Å². The Labute approximate surface area is 93.9 Å². The van der Waals surface area contributed by atoms with Gasteiger partial charge in [-0.2, -0.15) is 30.7 Å². The Kier molecular flexibility index (Phi) is 2.61. The van der Waals surface area contributed by atoms with Gasteiger partial charge in [-0.3, -0.25) is 0 Å². The van der Waals surface area contributed by atoms with Crippen LogP contribution in [0.25, 0.3) is 0 Å². The quantitative estimate of drug-likeness (QED) is 0.592. The zero-order valence-corrected chi connectivity index (χ0v) is 8.78. The minimum absolute atomic E-state index is 0.737. The van der Waals surface area contributed by atoms with E-state index in [1.165, 1.54) is 0 Å². The van der Waals surface area contributed by atoms with Crippen molar-refractivity contribution in [2.75, 3.05) is 0 Å². The Hall–Kier alpha value is -0.700. The smallest absolute Gasteiger partial charge is 0.233 e. The molecule has 0 spiro atoms. The number of rotatable bonds is 0. The maximum atomic E-state index is 13.5. The molecule has 1 rings (SSSR count). The summed E-state index contributed by atoms with van der Waals surface area (Å²) < 4.78 is 129. The van der Waals surface area contributed by atoms with Gasteiger partial charge in [0, 0.05) is 0 Å². The fourth-order valence-electron chi connectivity index (χ4n) is 2.00. The van der Waals surface area contributed by atoms with E-state index in [0.29, 0.717) is 0 Å². The normalized spacial score (nSPS) is 47.3. The molecule has 0 amide bonds. The van der Waals surface area contributed by atoms with Crippen molar-refractivity contribution in [2.24, 2.45) is 0 Å². The van der Waals surface area contributed by atoms with Gasteiger partial charge in [-0.1, -0.05) is 0 Å². The Morgan fingerprint density at radius 1 is 0.611 bits per heavy atom. The number of hydrogen-bond acceptors (Lipinski definition) is 0. The predicted molar refractivity (Wildman–Crippen MR) is 38.8 cm³/mol. The van der Waals surface area contributed by atoms with Gasteiger partial charge in [0.1, 0.15) is 0 Å². The third-order valence-electron chi connectivity index (χ3n) is 3.26. The Bertz CT molecular complexity index is 337. The van der Waals surface area contributed by atoms with Crippen molar-refractivity contribution >= 4 is 0 Å². The molecule has 0 heterocycles. The average Bonchev–Trinajstić information content (AvgIpc) is 2.16. The molecule has 0 saturated heterocycles. The van der Waals surface area contributed by atoms with Gasteiger partial charge in [-0.25, -0.2) is 13.2 Å². The first-order valence-electron chi connectivity index (χ1n) is 4.39. The molecule has 1 aliphatic carbocycles. The third kappa shape index (κ3) is 1.10. The van der Waals surface area contributed by atoms with Crippen molar-refractivity contribution in [2.45, 2.75) is 48.9 Å². The highest BCUT2D eigenvalue weighted by Crippen LogP contribution is 2.71. The second-order valence-electron chi connectivity index (χ2n) is 4.31. The second-order valence-corrected chi connectivity index (χ2v) is 4.31. The first-order chi connectivity index (χ1) is 7.50. The fraction of sp³-hybridized carbons (Fsp3) is 1.00. The van der Waals surface area contributed by atoms with Crippen LogP contribution in [0.15, 0.2) is 0 Å². The largest absolute Gasteiger partial charge is 0.429 e. The molecule has 0 radical (unpaired) electrons. The minimum atomic E-state index is -6.58. The zero-order chi connectivity index (χ0) is 15.0. The lowest BCUT2D eigenvalue weighted by molar-refractivity contribution is -0.308. The first kappa shape index (κ1) is 15.4. The van der Waals surface area contributed by atoms with Crippen LogP contribution in [-0.2, 0) is 0 Å². The van der Waals surface area contributed by atoms with Gasteiger partial charge in [0.15, 0.2) is 0 Å². The first-order valence-corrected chi connectivity index (χ1v) is 4.39. The molecule has 1 saturated carbocycles. The molecule has 0 aromatic heterocycles. The van der Waals surface area contributed by atoms with E-state index in [-0.39, 0.29) is 0 Å². The van der Waals surface area contributed by atoms with E-state index in [0.717, 1.165) is 0 Å². The van der Waals surface area contributed by atoms with Gasteiger partial charge in [0.25, 0.3) is 5.67 Å². The van der Waals surface area contributed by atoms with Gasteiger partial charge in [-0.15, -0.1) is 0 Å². The van der Waals surface area contributed by atoms with E-state index in [4.69, 9.17) is 0 Å². The highest BCUT2D eigenvalue weighted by atomic mass is 19.4. The fourth-order valence-corrected chi connectivity index (χ4v) is 2.00. The molecule has 2 unspecified atom stereocenters. The van der Waals surface area contributed by atoms with Crippen LogP contribution in [0.2, 0.25) is 0 Å². The predicted octanol–water partition coefficient (Wildman–Crippen LogP) is 4.00. The molecule has 1 aliphatic rings. The maximum absolute atomic E-state index is 13.5. The van der Waals surface area contributed by atoms with E-state index < -0.39 is 48.9 Å². The van der Waals surface area contributed by atoms with Crippen LogP contribution in [-0.4, -0.2) is 35.0 Å². The number of alkyl halides is 10. The van der Waals surface area contributed by atoms with Gasteiger partial charge in [0.05, 0.1) is 0 Å². The van der Waals surface area contributed by atoms with Crippen LogP contribution in [0, 0.1) is 0 Å². The molecule has 10 heteroatoms. The summed E-state index contributed by atoms with van der Waals surface area (Å²) in [6.45, 7) is -1.47. The highest BCUT2D eigenvalue weighted by Gasteiger charge is 3.00. The summed E-state index contributed by atoms with van der Waals surface area (Å²) in [4.78, 5) is 0. The van der Waals surface area contributed by atoms with Crippen molar-refractivity contribution in [3.63, 3.8) is 0 Å². The van der Waals surface area contributed by atoms with E-state index >= 15 is 0 Å². The molecule has 0 aromatic carbocycles. The SMILES string of the molecule is CC1(F)C(F)(F)C(F)(F)[C@@](C)(F)C1(F)C(F)(F)F. The van der Waals surface area contributed by atoms with Crippen LogP contribution in [0.4, 0.5) is 43.9 Å². The zero-order valence-electron chi connectivity index (χ0n) is 8.78. The van der Waals surface area contributed by atoms with E-state index in [9.17, 15) is 43.9 Å². The molecule has 0 N–H and O–H groups in total. The van der Waals surface area contributed by atoms with E-state index in [2.05, 4.69) is 0 Å². The molecule has 0 aliphatic heterocycles. The van der Waals surface area contributed by atoms with Crippen molar-refractivity contribution in [1.82, 2.24) is 0 Å². The van der Waals surface area contributed by atoms with Crippen molar-refractivity contribution in [3.8, 4) is 0 Å². The van der Waals surface area contributed by atoms with E-state index in [1.807, 2.05) is 0 Å². The molecular weight excluding hydrogens is 286 g/mol. The van der Waals surface area contributed by atoms with Crippen LogP contribution in [0.1, 0.15) is 13.8 Å². The van der Waals surface area contributed by atoms with Crippen molar-refractivity contribution in [3.05, 3.63) is 0 Å². The monoisotopic (exact) mass is 292 g/mol. The Morgan fingerprint density at radius 3 is 0.944 bits per heavy atom. The molecule has 3 atom stereocenters. The third-order valence-corrected chi connectivity index (χ3v) is 3.26. The Morgan fingerprint density at radius 2 is 0.833 bits per heavy atom. The standard InChI is InChI=1S/C8H6F10/c1-3(9)5(11,8(16,17)18)4(2,10)7(14,15)6(3,12)13/h1-2H3/t3-,4?,5?/m0/s1. The molecule has 108 valence electrons. The molecule has 0 bridgehead atoms. The number of halogens is 10. The summed E-state index contributed by atoms with van der Waals surface area (Å²) in [6.07, 6.45) is -6.58. The summed E-state index contributed by atoms with van der Waals surface area (Å²) in [5.74, 6) is -12.3. The topological polar surface area (TPSA) is 0 Å². The van der Waals surface area contributed by atoms with Crippen LogP contribution < -0.4 is 0 Å². The van der Waals surface area contributed by atoms with Crippen molar-refractivity contribution in [1.29, 1.82) is 0 Å². The van der Waals surface area contributed by atoms with E-state index in [1.54, 1.807) is 0 Å². The lowest BCUT2D eigenvalue weighted by Gasteiger charge is -2.37. The molecule has 0 aromatic rings. The summed E-state index contributed by atoms with van der Waals surface area (Å²) in [5.41, 5.74) is -16.9. The lowest BCUT2D eigenvalue weighted by Crippen LogP contribution is -2.64. The lowest BCUT2D eigenvalue weighted by atomic mass is 9.82. The molecule has 0 nitrogen and oxygen atoms in total. The average molecular weight is 292 g/mol. The molecular formula is C8H6F10. The van der Waals surface area contributed by atoms with Crippen LogP contribution in [0.5, 0.6) is 0 Å². The highest BCUT2D eigenvalue weighted by molar-refractivity contribution is 5.33. The molecule has 1 fully saturated rings. The van der Waals surface area contributed by atoms with Gasteiger partial charge in [-0.05, 0) is 13.8 Å². The van der Waals surface area contributed by atoms with Gasteiger partial charge in [0.2, 0.25) is 11.3 Å². The maximum Gasteiger partial charge on any atom is 0.429 e. The Balaban J connectivity index is 3.75. The summed E-state index contributed by atoms with van der Waals surface area (Å²) >= 11 is 0. The van der Waals surface area contributed by atoms with Crippen LogP contribution in [0.3, 0.4) is 0 Å². The summed E-state index contributed by atoms with van der Waals surface area (Å²) in [7, 11) is 0. The number of hydrogen-bond donors (Lipinski definition) is 0. The summed E-state index contributed by atoms with van der Waals surface area (Å²) in [5, 5.41) is 0. The minimum Gasteiger partial charge on any atom is -0.233 e. The van der Waals surface area contributed by atoms with Gasteiger partial charge >= 0.3 is 18.0 Å². The summed E-state index contributed by atoms with van der Waals surface area (Å²) in [6, 6.07) is 0.